The highest BCUT2D eigenvalue weighted by atomic mass is 35.5. The van der Waals surface area contributed by atoms with Crippen LogP contribution in [0.3, 0.4) is 0 Å². The first kappa shape index (κ1) is 19.9. The molecule has 2 aromatic rings. The van der Waals surface area contributed by atoms with Crippen LogP contribution in [0.2, 0.25) is 5.02 Å². The monoisotopic (exact) mass is 417 g/mol. The molecule has 0 atom stereocenters. The highest BCUT2D eigenvalue weighted by Crippen LogP contribution is 2.44. The normalized spacial score (nSPS) is 20.0. The van der Waals surface area contributed by atoms with Gasteiger partial charge in [0.1, 0.15) is 4.88 Å². The maximum Gasteiger partial charge on any atom is 0.263 e. The Bertz CT molecular complexity index is 836. The van der Waals surface area contributed by atoms with Crippen molar-refractivity contribution in [2.75, 3.05) is 19.6 Å². The van der Waals surface area contributed by atoms with Gasteiger partial charge in [0.25, 0.3) is 5.91 Å². The minimum atomic E-state index is 0.0400. The Hall–Kier alpha value is -1.43. The molecular formula is C22H28ClN3OS. The van der Waals surface area contributed by atoms with Gasteiger partial charge in [0.15, 0.2) is 0 Å². The summed E-state index contributed by atoms with van der Waals surface area (Å²) in [5, 5.41) is 4.98. The summed E-state index contributed by atoms with van der Waals surface area (Å²) in [7, 11) is 0. The average molecular weight is 418 g/mol. The van der Waals surface area contributed by atoms with Crippen LogP contribution in [0.1, 0.15) is 58.0 Å². The summed E-state index contributed by atoms with van der Waals surface area (Å²) < 4.78 is 0. The van der Waals surface area contributed by atoms with E-state index in [0.29, 0.717) is 0 Å². The van der Waals surface area contributed by atoms with Crippen molar-refractivity contribution >= 4 is 28.8 Å². The highest BCUT2D eigenvalue weighted by Gasteiger charge is 2.40. The van der Waals surface area contributed by atoms with Gasteiger partial charge in [-0.3, -0.25) is 4.79 Å². The number of amides is 1. The van der Waals surface area contributed by atoms with E-state index in [1.54, 1.807) is 0 Å². The average Bonchev–Trinajstić information content (AvgIpc) is 2.99. The zero-order chi connectivity index (χ0) is 19.7. The molecule has 1 aliphatic heterocycles. The molecule has 2 aliphatic rings. The first-order chi connectivity index (χ1) is 13.4. The fourth-order valence-electron chi connectivity index (χ4n) is 4.60. The number of benzene rings is 1. The Morgan fingerprint density at radius 2 is 1.93 bits per heavy atom. The summed E-state index contributed by atoms with van der Waals surface area (Å²) in [6.45, 7) is 7.06. The number of carbonyl (C=O) groups is 1. The van der Waals surface area contributed by atoms with Crippen molar-refractivity contribution < 1.29 is 4.79 Å². The van der Waals surface area contributed by atoms with Crippen molar-refractivity contribution in [3.05, 3.63) is 50.4 Å². The van der Waals surface area contributed by atoms with Crippen LogP contribution in [0, 0.1) is 13.8 Å². The van der Waals surface area contributed by atoms with Crippen molar-refractivity contribution in [3.8, 4) is 0 Å². The Balaban J connectivity index is 1.32. The molecule has 1 aliphatic carbocycles. The lowest BCUT2D eigenvalue weighted by Crippen LogP contribution is -2.51. The molecule has 1 saturated carbocycles. The molecule has 6 heteroatoms. The number of hydrogen-bond donors (Lipinski definition) is 1. The third kappa shape index (κ3) is 4.12. The van der Waals surface area contributed by atoms with E-state index in [9.17, 15) is 4.79 Å². The molecule has 28 heavy (non-hydrogen) atoms. The van der Waals surface area contributed by atoms with Gasteiger partial charge < -0.3 is 10.2 Å². The van der Waals surface area contributed by atoms with Gasteiger partial charge in [0.05, 0.1) is 10.7 Å². The summed E-state index contributed by atoms with van der Waals surface area (Å²) in [5.41, 5.74) is 2.56. The summed E-state index contributed by atoms with van der Waals surface area (Å²) in [4.78, 5) is 20.3. The molecule has 4 nitrogen and oxygen atoms in total. The van der Waals surface area contributed by atoms with Crippen molar-refractivity contribution in [1.29, 1.82) is 0 Å². The fourth-order valence-corrected chi connectivity index (χ4v) is 5.55. The summed E-state index contributed by atoms with van der Waals surface area (Å²) in [6, 6.07) is 8.70. The van der Waals surface area contributed by atoms with Crippen LogP contribution in [-0.4, -0.2) is 41.5 Å². The third-order valence-corrected chi connectivity index (χ3v) is 7.65. The lowest BCUT2D eigenvalue weighted by Gasteiger charge is -2.47. The molecular weight excluding hydrogens is 390 g/mol. The minimum Gasteiger partial charge on any atom is -0.348 e. The summed E-state index contributed by atoms with van der Waals surface area (Å²) in [5.74, 6) is 0.0400. The predicted octanol–water partition coefficient (Wildman–Crippen LogP) is 4.73. The smallest absolute Gasteiger partial charge is 0.263 e. The van der Waals surface area contributed by atoms with E-state index in [1.165, 1.54) is 36.2 Å². The van der Waals surface area contributed by atoms with Gasteiger partial charge in [0.2, 0.25) is 0 Å². The standard InChI is InChI=1S/C22H28ClN3OS/c1-15-20(28-16(2)24-15)21(27)25-19-8-12-26(13-9-19)14-22(10-3-11-22)17-4-6-18(23)7-5-17/h4-7,19H,3,8-14H2,1-2H3,(H,25,27). The number of halogens is 1. The molecule has 1 saturated heterocycles. The van der Waals surface area contributed by atoms with Gasteiger partial charge in [-0.05, 0) is 57.2 Å². The number of nitrogens with one attached hydrogen (secondary N) is 1. The van der Waals surface area contributed by atoms with Crippen LogP contribution in [0.15, 0.2) is 24.3 Å². The molecule has 2 fully saturated rings. The maximum atomic E-state index is 12.6. The van der Waals surface area contributed by atoms with E-state index in [1.807, 2.05) is 26.0 Å². The van der Waals surface area contributed by atoms with Crippen LogP contribution in [-0.2, 0) is 5.41 Å². The quantitative estimate of drug-likeness (QED) is 0.764. The molecule has 1 aromatic carbocycles. The van der Waals surface area contributed by atoms with E-state index in [2.05, 4.69) is 27.3 Å². The molecule has 150 valence electrons. The predicted molar refractivity (Wildman–Crippen MR) is 115 cm³/mol. The maximum absolute atomic E-state index is 12.6. The SMILES string of the molecule is Cc1nc(C)c(C(=O)NC2CCN(CC3(c4ccc(Cl)cc4)CCC3)CC2)s1. The topological polar surface area (TPSA) is 45.2 Å². The Morgan fingerprint density at radius 1 is 1.25 bits per heavy atom. The van der Waals surface area contributed by atoms with Gasteiger partial charge in [-0.1, -0.05) is 30.2 Å². The number of aryl methyl sites for hydroxylation is 2. The van der Waals surface area contributed by atoms with E-state index in [-0.39, 0.29) is 17.4 Å². The van der Waals surface area contributed by atoms with Gasteiger partial charge >= 0.3 is 0 Å². The number of nitrogens with zero attached hydrogens (tertiary/aromatic N) is 2. The second kappa shape index (κ2) is 8.13. The van der Waals surface area contributed by atoms with Crippen LogP contribution in [0.25, 0.3) is 0 Å². The summed E-state index contributed by atoms with van der Waals surface area (Å²) in [6.07, 6.45) is 5.85. The van der Waals surface area contributed by atoms with E-state index < -0.39 is 0 Å². The summed E-state index contributed by atoms with van der Waals surface area (Å²) >= 11 is 7.57. The second-order valence-electron chi connectivity index (χ2n) is 8.31. The zero-order valence-corrected chi connectivity index (χ0v) is 18.2. The van der Waals surface area contributed by atoms with E-state index in [0.717, 1.165) is 53.1 Å². The third-order valence-electron chi connectivity index (χ3n) is 6.33. The lowest BCUT2D eigenvalue weighted by atomic mass is 9.64. The van der Waals surface area contributed by atoms with Gasteiger partial charge in [-0.15, -0.1) is 11.3 Å². The molecule has 4 rings (SSSR count). The first-order valence-corrected chi connectivity index (χ1v) is 11.4. The minimum absolute atomic E-state index is 0.0400. The Morgan fingerprint density at radius 3 is 2.46 bits per heavy atom. The molecule has 1 aromatic heterocycles. The number of likely N-dealkylation sites (tertiary alicyclic amines) is 1. The van der Waals surface area contributed by atoms with Crippen molar-refractivity contribution in [3.63, 3.8) is 0 Å². The van der Waals surface area contributed by atoms with E-state index >= 15 is 0 Å². The van der Waals surface area contributed by atoms with Gasteiger partial charge in [-0.25, -0.2) is 4.98 Å². The van der Waals surface area contributed by atoms with Gasteiger partial charge in [0, 0.05) is 36.1 Å². The number of thiazole rings is 1. The van der Waals surface area contributed by atoms with Crippen LogP contribution >= 0.6 is 22.9 Å². The van der Waals surface area contributed by atoms with E-state index in [4.69, 9.17) is 11.6 Å². The van der Waals surface area contributed by atoms with Crippen LogP contribution in [0.4, 0.5) is 0 Å². The molecule has 0 radical (unpaired) electrons. The van der Waals surface area contributed by atoms with Crippen LogP contribution in [0.5, 0.6) is 0 Å². The second-order valence-corrected chi connectivity index (χ2v) is 9.95. The largest absolute Gasteiger partial charge is 0.348 e. The lowest BCUT2D eigenvalue weighted by molar-refractivity contribution is 0.0873. The zero-order valence-electron chi connectivity index (χ0n) is 16.6. The highest BCUT2D eigenvalue weighted by molar-refractivity contribution is 7.13. The molecule has 0 bridgehead atoms. The molecule has 0 unspecified atom stereocenters. The fraction of sp³-hybridized carbons (Fsp3) is 0.545. The molecule has 2 heterocycles. The van der Waals surface area contributed by atoms with Crippen LogP contribution < -0.4 is 5.32 Å². The molecule has 1 N–H and O–H groups in total. The molecule has 0 spiro atoms. The number of carbonyl (C=O) groups excluding carboxylic acids is 1. The molecule has 1 amide bonds. The number of rotatable bonds is 5. The number of hydrogen-bond acceptors (Lipinski definition) is 4. The van der Waals surface area contributed by atoms with Crippen molar-refractivity contribution in [2.45, 2.75) is 57.4 Å². The first-order valence-electron chi connectivity index (χ1n) is 10.2. The van der Waals surface area contributed by atoms with Crippen molar-refractivity contribution in [2.24, 2.45) is 0 Å². The van der Waals surface area contributed by atoms with Gasteiger partial charge in [-0.2, -0.15) is 0 Å². The number of aromatic nitrogens is 1. The van der Waals surface area contributed by atoms with Crippen molar-refractivity contribution in [1.82, 2.24) is 15.2 Å². The Kier molecular flexibility index (Phi) is 5.77. The number of piperidine rings is 1. The Labute approximate surface area is 176 Å².